The number of carbonyl (C=O) groups is 1. The van der Waals surface area contributed by atoms with Crippen molar-refractivity contribution in [2.24, 2.45) is 0 Å². The van der Waals surface area contributed by atoms with E-state index in [4.69, 9.17) is 9.47 Å². The minimum atomic E-state index is -0.970. The summed E-state index contributed by atoms with van der Waals surface area (Å²) < 4.78 is 24.2. The fraction of sp³-hybridized carbons (Fsp3) is 0.235. The molecule has 1 N–H and O–H groups in total. The number of ether oxygens (including phenoxy) is 2. The van der Waals surface area contributed by atoms with Crippen molar-refractivity contribution < 1.29 is 23.6 Å². The van der Waals surface area contributed by atoms with Crippen LogP contribution in [-0.4, -0.2) is 24.0 Å². The predicted molar refractivity (Wildman–Crippen MR) is 89.8 cm³/mol. The SMILES string of the molecule is CCOc1ccc(C(=O)Nc2ccc(F)c([N+](=O)[O-])c2)cc1OCC. The van der Waals surface area contributed by atoms with Gasteiger partial charge in [-0.1, -0.05) is 0 Å². The highest BCUT2D eigenvalue weighted by Crippen LogP contribution is 2.29. The summed E-state index contributed by atoms with van der Waals surface area (Å²) in [5.74, 6) is -0.548. The van der Waals surface area contributed by atoms with Crippen LogP contribution in [0.2, 0.25) is 0 Å². The van der Waals surface area contributed by atoms with Crippen molar-refractivity contribution in [3.63, 3.8) is 0 Å². The van der Waals surface area contributed by atoms with E-state index in [2.05, 4.69) is 5.32 Å². The Hall–Kier alpha value is -3.16. The molecule has 0 fully saturated rings. The van der Waals surface area contributed by atoms with Gasteiger partial charge < -0.3 is 14.8 Å². The molecule has 0 radical (unpaired) electrons. The van der Waals surface area contributed by atoms with Crippen LogP contribution in [0, 0.1) is 15.9 Å². The van der Waals surface area contributed by atoms with E-state index in [1.54, 1.807) is 19.1 Å². The summed E-state index contributed by atoms with van der Waals surface area (Å²) in [6.07, 6.45) is 0. The maximum absolute atomic E-state index is 13.4. The van der Waals surface area contributed by atoms with Crippen LogP contribution >= 0.6 is 0 Å². The Kier molecular flexibility index (Phi) is 5.89. The Morgan fingerprint density at radius 1 is 1.12 bits per heavy atom. The average molecular weight is 348 g/mol. The van der Waals surface area contributed by atoms with Crippen molar-refractivity contribution >= 4 is 17.3 Å². The number of anilines is 1. The lowest BCUT2D eigenvalue weighted by atomic mass is 10.1. The molecule has 0 aliphatic rings. The molecule has 0 unspecified atom stereocenters. The van der Waals surface area contributed by atoms with E-state index in [-0.39, 0.29) is 11.3 Å². The van der Waals surface area contributed by atoms with Crippen LogP contribution in [0.3, 0.4) is 0 Å². The first kappa shape index (κ1) is 18.2. The predicted octanol–water partition coefficient (Wildman–Crippen LogP) is 3.78. The smallest absolute Gasteiger partial charge is 0.306 e. The van der Waals surface area contributed by atoms with E-state index < -0.39 is 22.3 Å². The van der Waals surface area contributed by atoms with E-state index in [1.165, 1.54) is 12.1 Å². The molecule has 7 nitrogen and oxygen atoms in total. The summed E-state index contributed by atoms with van der Waals surface area (Å²) in [6, 6.07) is 7.81. The molecule has 2 rings (SSSR count). The van der Waals surface area contributed by atoms with Crippen LogP contribution in [-0.2, 0) is 0 Å². The minimum absolute atomic E-state index is 0.116. The van der Waals surface area contributed by atoms with Crippen molar-refractivity contribution in [2.45, 2.75) is 13.8 Å². The quantitative estimate of drug-likeness (QED) is 0.607. The number of hydrogen-bond donors (Lipinski definition) is 1. The second-order valence-electron chi connectivity index (χ2n) is 4.90. The van der Waals surface area contributed by atoms with Gasteiger partial charge in [-0.2, -0.15) is 4.39 Å². The average Bonchev–Trinajstić information content (AvgIpc) is 2.58. The molecule has 1 amide bonds. The van der Waals surface area contributed by atoms with E-state index in [1.807, 2.05) is 6.92 Å². The highest BCUT2D eigenvalue weighted by atomic mass is 19.1. The first-order valence-corrected chi connectivity index (χ1v) is 7.61. The summed E-state index contributed by atoms with van der Waals surface area (Å²) in [4.78, 5) is 22.3. The zero-order chi connectivity index (χ0) is 18.4. The number of benzene rings is 2. The maximum atomic E-state index is 13.4. The highest BCUT2D eigenvalue weighted by Gasteiger charge is 2.17. The van der Waals surface area contributed by atoms with Crippen LogP contribution in [0.1, 0.15) is 24.2 Å². The second-order valence-corrected chi connectivity index (χ2v) is 4.90. The summed E-state index contributed by atoms with van der Waals surface area (Å²) in [6.45, 7) is 4.48. The van der Waals surface area contributed by atoms with E-state index in [0.717, 1.165) is 12.1 Å². The lowest BCUT2D eigenvalue weighted by Crippen LogP contribution is -2.12. The fourth-order valence-electron chi connectivity index (χ4n) is 2.13. The van der Waals surface area contributed by atoms with Crippen LogP contribution < -0.4 is 14.8 Å². The van der Waals surface area contributed by atoms with Crippen LogP contribution in [0.25, 0.3) is 0 Å². The first-order chi connectivity index (χ1) is 12.0. The molecule has 0 heterocycles. The topological polar surface area (TPSA) is 90.7 Å². The number of rotatable bonds is 7. The molecule has 2 aromatic carbocycles. The van der Waals surface area contributed by atoms with Gasteiger partial charge >= 0.3 is 5.69 Å². The number of amides is 1. The van der Waals surface area contributed by atoms with Gasteiger partial charge in [0.2, 0.25) is 5.82 Å². The zero-order valence-corrected chi connectivity index (χ0v) is 13.7. The summed E-state index contributed by atoms with van der Waals surface area (Å²) in [5.41, 5.74) is -0.316. The van der Waals surface area contributed by atoms with Crippen LogP contribution in [0.15, 0.2) is 36.4 Å². The van der Waals surface area contributed by atoms with Gasteiger partial charge in [0.15, 0.2) is 11.5 Å². The van der Waals surface area contributed by atoms with Gasteiger partial charge in [0.05, 0.1) is 18.1 Å². The van der Waals surface area contributed by atoms with Crippen molar-refractivity contribution in [1.29, 1.82) is 0 Å². The third kappa shape index (κ3) is 4.43. The largest absolute Gasteiger partial charge is 0.490 e. The molecule has 0 aliphatic heterocycles. The molecule has 132 valence electrons. The van der Waals surface area contributed by atoms with E-state index in [9.17, 15) is 19.3 Å². The Labute approximate surface area is 143 Å². The number of nitro benzene ring substituents is 1. The van der Waals surface area contributed by atoms with Crippen LogP contribution in [0.5, 0.6) is 11.5 Å². The van der Waals surface area contributed by atoms with Gasteiger partial charge in [0, 0.05) is 17.3 Å². The van der Waals surface area contributed by atoms with E-state index in [0.29, 0.717) is 24.7 Å². The number of nitrogens with one attached hydrogen (secondary N) is 1. The molecule has 0 aromatic heterocycles. The molecular weight excluding hydrogens is 331 g/mol. The first-order valence-electron chi connectivity index (χ1n) is 7.61. The molecule has 0 bridgehead atoms. The van der Waals surface area contributed by atoms with Gasteiger partial charge in [-0.05, 0) is 44.2 Å². The molecule has 0 saturated carbocycles. The third-order valence-electron chi connectivity index (χ3n) is 3.21. The van der Waals surface area contributed by atoms with Crippen molar-refractivity contribution in [1.82, 2.24) is 0 Å². The molecule has 0 spiro atoms. The lowest BCUT2D eigenvalue weighted by Gasteiger charge is -2.12. The molecular formula is C17H17FN2O5. The van der Waals surface area contributed by atoms with Gasteiger partial charge in [-0.15, -0.1) is 0 Å². The molecule has 0 aliphatic carbocycles. The Balaban J connectivity index is 2.24. The van der Waals surface area contributed by atoms with Gasteiger partial charge in [-0.25, -0.2) is 0 Å². The Morgan fingerprint density at radius 2 is 1.80 bits per heavy atom. The van der Waals surface area contributed by atoms with Crippen molar-refractivity contribution in [3.8, 4) is 11.5 Å². The number of nitro groups is 1. The maximum Gasteiger partial charge on any atom is 0.306 e. The van der Waals surface area contributed by atoms with Gasteiger partial charge in [0.25, 0.3) is 5.91 Å². The van der Waals surface area contributed by atoms with Gasteiger partial charge in [0.1, 0.15) is 0 Å². The Bertz CT molecular complexity index is 795. The standard InChI is InChI=1S/C17H17FN2O5/c1-3-24-15-8-5-11(9-16(15)25-4-2)17(21)19-12-6-7-13(18)14(10-12)20(22)23/h5-10H,3-4H2,1-2H3,(H,19,21). The molecule has 0 atom stereocenters. The van der Waals surface area contributed by atoms with E-state index >= 15 is 0 Å². The minimum Gasteiger partial charge on any atom is -0.490 e. The highest BCUT2D eigenvalue weighted by molar-refractivity contribution is 6.04. The number of carbonyl (C=O) groups excluding carboxylic acids is 1. The Morgan fingerprint density at radius 3 is 2.44 bits per heavy atom. The fourth-order valence-corrected chi connectivity index (χ4v) is 2.13. The second kappa shape index (κ2) is 8.09. The summed E-state index contributed by atoms with van der Waals surface area (Å²) in [5, 5.41) is 13.3. The molecule has 8 heteroatoms. The molecule has 2 aromatic rings. The summed E-state index contributed by atoms with van der Waals surface area (Å²) >= 11 is 0. The van der Waals surface area contributed by atoms with Crippen molar-refractivity contribution in [3.05, 3.63) is 57.9 Å². The third-order valence-corrected chi connectivity index (χ3v) is 3.21. The normalized spacial score (nSPS) is 10.2. The van der Waals surface area contributed by atoms with Crippen molar-refractivity contribution in [2.75, 3.05) is 18.5 Å². The van der Waals surface area contributed by atoms with Gasteiger partial charge in [-0.3, -0.25) is 14.9 Å². The lowest BCUT2D eigenvalue weighted by molar-refractivity contribution is -0.387. The number of halogens is 1. The molecule has 25 heavy (non-hydrogen) atoms. The number of hydrogen-bond acceptors (Lipinski definition) is 5. The number of nitrogens with zero attached hydrogens (tertiary/aromatic N) is 1. The zero-order valence-electron chi connectivity index (χ0n) is 13.7. The van der Waals surface area contributed by atoms with Crippen LogP contribution in [0.4, 0.5) is 15.8 Å². The summed E-state index contributed by atoms with van der Waals surface area (Å²) in [7, 11) is 0. The molecule has 0 saturated heterocycles. The monoisotopic (exact) mass is 348 g/mol.